The lowest BCUT2D eigenvalue weighted by atomic mass is 9.85. The number of nitrogens with two attached hydrogens (primary N) is 1. The van der Waals surface area contributed by atoms with E-state index in [0.717, 1.165) is 31.4 Å². The summed E-state index contributed by atoms with van der Waals surface area (Å²) < 4.78 is 4.70. The standard InChI is InChI=1S/C11H17N3O2/c12-8-11(4-1-2-5-11)10(15)13-7-9-3-6-16-14-9/h3,6H,1-2,4-5,7-8,12H2,(H,13,15). The van der Waals surface area contributed by atoms with Crippen molar-refractivity contribution < 1.29 is 9.32 Å². The van der Waals surface area contributed by atoms with E-state index in [1.807, 2.05) is 0 Å². The molecule has 0 atom stereocenters. The number of hydrogen-bond acceptors (Lipinski definition) is 4. The quantitative estimate of drug-likeness (QED) is 0.791. The van der Waals surface area contributed by atoms with Crippen molar-refractivity contribution >= 4 is 5.91 Å². The molecule has 5 heteroatoms. The van der Waals surface area contributed by atoms with Gasteiger partial charge in [-0.3, -0.25) is 4.79 Å². The molecule has 1 amide bonds. The van der Waals surface area contributed by atoms with Gasteiger partial charge in [-0.15, -0.1) is 0 Å². The van der Waals surface area contributed by atoms with E-state index in [4.69, 9.17) is 10.3 Å². The number of nitrogens with zero attached hydrogens (tertiary/aromatic N) is 1. The molecule has 16 heavy (non-hydrogen) atoms. The minimum absolute atomic E-state index is 0.0514. The van der Waals surface area contributed by atoms with E-state index < -0.39 is 0 Å². The third-order valence-electron chi connectivity index (χ3n) is 3.35. The average molecular weight is 223 g/mol. The predicted octanol–water partition coefficient (Wildman–Crippen LogP) is 0.810. The fourth-order valence-corrected chi connectivity index (χ4v) is 2.26. The molecular weight excluding hydrogens is 206 g/mol. The first kappa shape index (κ1) is 11.1. The molecule has 0 radical (unpaired) electrons. The molecule has 0 aromatic carbocycles. The molecule has 1 fully saturated rings. The summed E-state index contributed by atoms with van der Waals surface area (Å²) in [6.07, 6.45) is 5.47. The van der Waals surface area contributed by atoms with Crippen molar-refractivity contribution in [3.8, 4) is 0 Å². The van der Waals surface area contributed by atoms with Crippen LogP contribution >= 0.6 is 0 Å². The Bertz CT molecular complexity index is 342. The van der Waals surface area contributed by atoms with Crippen LogP contribution in [0.4, 0.5) is 0 Å². The van der Waals surface area contributed by atoms with E-state index in [0.29, 0.717) is 13.1 Å². The molecule has 1 aromatic heterocycles. The molecule has 5 nitrogen and oxygen atoms in total. The van der Waals surface area contributed by atoms with Crippen LogP contribution in [-0.4, -0.2) is 17.6 Å². The summed E-state index contributed by atoms with van der Waals surface area (Å²) >= 11 is 0. The summed E-state index contributed by atoms with van der Waals surface area (Å²) in [5.41, 5.74) is 6.11. The highest BCUT2D eigenvalue weighted by Gasteiger charge is 2.39. The van der Waals surface area contributed by atoms with Crippen molar-refractivity contribution in [1.29, 1.82) is 0 Å². The third kappa shape index (κ3) is 2.09. The lowest BCUT2D eigenvalue weighted by Gasteiger charge is -2.25. The molecule has 1 saturated carbocycles. The molecule has 0 spiro atoms. The maximum absolute atomic E-state index is 12.0. The Balaban J connectivity index is 1.91. The number of nitrogens with one attached hydrogen (secondary N) is 1. The van der Waals surface area contributed by atoms with Gasteiger partial charge in [0, 0.05) is 12.6 Å². The van der Waals surface area contributed by atoms with Gasteiger partial charge in [0.05, 0.1) is 12.0 Å². The fourth-order valence-electron chi connectivity index (χ4n) is 2.26. The summed E-state index contributed by atoms with van der Waals surface area (Å²) in [5.74, 6) is 0.0514. The highest BCUT2D eigenvalue weighted by Crippen LogP contribution is 2.37. The van der Waals surface area contributed by atoms with Crippen molar-refractivity contribution in [2.24, 2.45) is 11.1 Å². The topological polar surface area (TPSA) is 81.2 Å². The summed E-state index contributed by atoms with van der Waals surface area (Å²) in [4.78, 5) is 12.0. The molecule has 88 valence electrons. The Labute approximate surface area is 94.4 Å². The Kier molecular flexibility index (Phi) is 3.24. The number of amides is 1. The molecule has 2 rings (SSSR count). The second kappa shape index (κ2) is 4.65. The van der Waals surface area contributed by atoms with Crippen LogP contribution < -0.4 is 11.1 Å². The first-order valence-electron chi connectivity index (χ1n) is 5.64. The van der Waals surface area contributed by atoms with E-state index in [-0.39, 0.29) is 11.3 Å². The minimum Gasteiger partial charge on any atom is -0.364 e. The maximum atomic E-state index is 12.0. The van der Waals surface area contributed by atoms with Gasteiger partial charge in [0.15, 0.2) is 0 Å². The monoisotopic (exact) mass is 223 g/mol. The van der Waals surface area contributed by atoms with Crippen LogP contribution in [0, 0.1) is 5.41 Å². The van der Waals surface area contributed by atoms with Gasteiger partial charge in [0.2, 0.25) is 5.91 Å². The smallest absolute Gasteiger partial charge is 0.227 e. The van der Waals surface area contributed by atoms with Crippen molar-refractivity contribution in [1.82, 2.24) is 10.5 Å². The Morgan fingerprint density at radius 3 is 2.88 bits per heavy atom. The molecule has 0 unspecified atom stereocenters. The van der Waals surface area contributed by atoms with E-state index in [1.165, 1.54) is 6.26 Å². The predicted molar refractivity (Wildman–Crippen MR) is 58.3 cm³/mol. The average Bonchev–Trinajstić information content (AvgIpc) is 2.97. The lowest BCUT2D eigenvalue weighted by molar-refractivity contribution is -0.130. The Morgan fingerprint density at radius 1 is 1.56 bits per heavy atom. The first-order valence-corrected chi connectivity index (χ1v) is 5.64. The van der Waals surface area contributed by atoms with Crippen molar-refractivity contribution in [2.75, 3.05) is 6.54 Å². The highest BCUT2D eigenvalue weighted by molar-refractivity contribution is 5.83. The van der Waals surface area contributed by atoms with Gasteiger partial charge in [-0.05, 0) is 12.8 Å². The molecule has 1 aliphatic rings. The molecule has 0 saturated heterocycles. The van der Waals surface area contributed by atoms with Crippen molar-refractivity contribution in [2.45, 2.75) is 32.2 Å². The van der Waals surface area contributed by atoms with Crippen molar-refractivity contribution in [3.63, 3.8) is 0 Å². The minimum atomic E-state index is -0.344. The summed E-state index contributed by atoms with van der Waals surface area (Å²) in [6, 6.07) is 1.74. The van der Waals surface area contributed by atoms with Crippen LogP contribution in [0.3, 0.4) is 0 Å². The van der Waals surface area contributed by atoms with Crippen molar-refractivity contribution in [3.05, 3.63) is 18.0 Å². The number of carbonyl (C=O) groups excluding carboxylic acids is 1. The first-order chi connectivity index (χ1) is 7.77. The molecule has 1 aliphatic carbocycles. The summed E-state index contributed by atoms with van der Waals surface area (Å²) in [5, 5.41) is 6.62. The maximum Gasteiger partial charge on any atom is 0.227 e. The zero-order valence-electron chi connectivity index (χ0n) is 9.24. The second-order valence-electron chi connectivity index (χ2n) is 4.37. The normalized spacial score (nSPS) is 18.6. The molecule has 1 heterocycles. The number of carbonyl (C=O) groups is 1. The van der Waals surface area contributed by atoms with Gasteiger partial charge in [-0.25, -0.2) is 0 Å². The van der Waals surface area contributed by atoms with Crippen LogP contribution in [0.15, 0.2) is 16.9 Å². The van der Waals surface area contributed by atoms with Gasteiger partial charge in [-0.1, -0.05) is 18.0 Å². The van der Waals surface area contributed by atoms with Gasteiger partial charge >= 0.3 is 0 Å². The summed E-state index contributed by atoms with van der Waals surface area (Å²) in [7, 11) is 0. The zero-order chi connectivity index (χ0) is 11.4. The second-order valence-corrected chi connectivity index (χ2v) is 4.37. The third-order valence-corrected chi connectivity index (χ3v) is 3.35. The molecule has 0 bridgehead atoms. The fraction of sp³-hybridized carbons (Fsp3) is 0.636. The molecule has 0 aliphatic heterocycles. The Hall–Kier alpha value is -1.36. The molecular formula is C11H17N3O2. The van der Waals surface area contributed by atoms with Gasteiger partial charge < -0.3 is 15.6 Å². The highest BCUT2D eigenvalue weighted by atomic mass is 16.5. The summed E-state index contributed by atoms with van der Waals surface area (Å²) in [6.45, 7) is 0.842. The van der Waals surface area contributed by atoms with Crippen LogP contribution in [0.25, 0.3) is 0 Å². The van der Waals surface area contributed by atoms with E-state index in [9.17, 15) is 4.79 Å². The largest absolute Gasteiger partial charge is 0.364 e. The zero-order valence-corrected chi connectivity index (χ0v) is 9.24. The van der Waals surface area contributed by atoms with E-state index in [2.05, 4.69) is 10.5 Å². The molecule has 1 aromatic rings. The SMILES string of the molecule is NCC1(C(=O)NCc2ccon2)CCCC1. The van der Waals surface area contributed by atoms with Crippen LogP contribution in [0.5, 0.6) is 0 Å². The number of rotatable bonds is 4. The Morgan fingerprint density at radius 2 is 2.31 bits per heavy atom. The van der Waals surface area contributed by atoms with Gasteiger partial charge in [0.1, 0.15) is 12.0 Å². The van der Waals surface area contributed by atoms with Crippen LogP contribution in [0.1, 0.15) is 31.4 Å². The van der Waals surface area contributed by atoms with E-state index >= 15 is 0 Å². The molecule has 3 N–H and O–H groups in total. The van der Waals surface area contributed by atoms with Gasteiger partial charge in [0.25, 0.3) is 0 Å². The number of aromatic nitrogens is 1. The van der Waals surface area contributed by atoms with Crippen LogP contribution in [-0.2, 0) is 11.3 Å². The van der Waals surface area contributed by atoms with E-state index in [1.54, 1.807) is 6.07 Å². The van der Waals surface area contributed by atoms with Crippen LogP contribution in [0.2, 0.25) is 0 Å². The van der Waals surface area contributed by atoms with Gasteiger partial charge in [-0.2, -0.15) is 0 Å². The lowest BCUT2D eigenvalue weighted by Crippen LogP contribution is -2.43. The number of hydrogen-bond donors (Lipinski definition) is 2.